The Morgan fingerprint density at radius 2 is 1.74 bits per heavy atom. The van der Waals surface area contributed by atoms with Crippen LogP contribution in [0, 0.1) is 5.92 Å². The minimum atomic E-state index is -0.221. The number of hydrogen-bond acceptors (Lipinski definition) is 5. The van der Waals surface area contributed by atoms with E-state index < -0.39 is 0 Å². The average molecular weight is 479 g/mol. The van der Waals surface area contributed by atoms with Gasteiger partial charge in [0.15, 0.2) is 0 Å². The van der Waals surface area contributed by atoms with Crippen molar-refractivity contribution in [3.05, 3.63) is 59.7 Å². The summed E-state index contributed by atoms with van der Waals surface area (Å²) in [6.45, 7) is 6.24. The van der Waals surface area contributed by atoms with Crippen LogP contribution >= 0.6 is 0 Å². The molecular formula is C28H38N4O3. The highest BCUT2D eigenvalue weighted by atomic mass is 16.5. The molecule has 7 nitrogen and oxygen atoms in total. The number of nitrogens with two attached hydrogens (primary N) is 1. The Bertz CT molecular complexity index is 997. The molecule has 3 atom stereocenters. The van der Waals surface area contributed by atoms with Gasteiger partial charge in [-0.1, -0.05) is 43.2 Å². The second-order valence-corrected chi connectivity index (χ2v) is 9.84. The van der Waals surface area contributed by atoms with Crippen LogP contribution in [0.5, 0.6) is 0 Å². The van der Waals surface area contributed by atoms with E-state index in [1.165, 1.54) is 0 Å². The van der Waals surface area contributed by atoms with Crippen molar-refractivity contribution in [2.24, 2.45) is 11.7 Å². The van der Waals surface area contributed by atoms with Gasteiger partial charge in [0.2, 0.25) is 5.91 Å². The van der Waals surface area contributed by atoms with Gasteiger partial charge in [0, 0.05) is 30.7 Å². The molecule has 2 amide bonds. The number of carbonyl (C=O) groups is 2. The first-order valence-corrected chi connectivity index (χ1v) is 12.8. The Hall–Kier alpha value is -2.90. The quantitative estimate of drug-likeness (QED) is 0.535. The number of anilines is 2. The molecule has 2 aliphatic rings. The molecule has 0 spiro atoms. The van der Waals surface area contributed by atoms with Crippen LogP contribution in [0.3, 0.4) is 0 Å². The van der Waals surface area contributed by atoms with E-state index in [0.717, 1.165) is 36.9 Å². The molecule has 0 radical (unpaired) electrons. The first-order chi connectivity index (χ1) is 17.0. The molecule has 7 heteroatoms. The van der Waals surface area contributed by atoms with Crippen molar-refractivity contribution >= 4 is 23.2 Å². The first kappa shape index (κ1) is 25.2. The topological polar surface area (TPSA) is 96.7 Å². The molecule has 4 N–H and O–H groups in total. The standard InChI is InChI=1S/C28H38N4O3/c1-19-17-35-18-20(2)32(19)25-13-12-23(27(33)30-15-14-29)16-24(25)31-28(34)26(22-10-6-7-11-22)21-8-4-3-5-9-21/h3-5,8-9,12-13,16,19-20,22,26H,6-7,10-11,14-15,17-18,29H2,1-2H3,(H,30,33)(H,31,34). The lowest BCUT2D eigenvalue weighted by Gasteiger charge is -2.41. The lowest BCUT2D eigenvalue weighted by molar-refractivity contribution is -0.118. The molecule has 1 saturated heterocycles. The number of carbonyl (C=O) groups excluding carboxylic acids is 2. The number of rotatable bonds is 8. The van der Waals surface area contributed by atoms with Crippen LogP contribution in [0.1, 0.15) is 61.4 Å². The first-order valence-electron chi connectivity index (χ1n) is 12.8. The fraction of sp³-hybridized carbons (Fsp3) is 0.500. The summed E-state index contributed by atoms with van der Waals surface area (Å²) in [4.78, 5) is 28.9. The van der Waals surface area contributed by atoms with Crippen LogP contribution in [-0.2, 0) is 9.53 Å². The smallest absolute Gasteiger partial charge is 0.251 e. The van der Waals surface area contributed by atoms with Crippen LogP contribution in [0.2, 0.25) is 0 Å². The number of hydrogen-bond donors (Lipinski definition) is 3. The van der Waals surface area contributed by atoms with Gasteiger partial charge < -0.3 is 26.0 Å². The molecule has 4 rings (SSSR count). The maximum atomic E-state index is 13.9. The molecule has 3 unspecified atom stereocenters. The molecule has 0 bridgehead atoms. The summed E-state index contributed by atoms with van der Waals surface area (Å²) >= 11 is 0. The van der Waals surface area contributed by atoms with Crippen molar-refractivity contribution in [1.29, 1.82) is 0 Å². The van der Waals surface area contributed by atoms with Crippen LogP contribution in [0.4, 0.5) is 11.4 Å². The fourth-order valence-electron chi connectivity index (χ4n) is 5.57. The predicted octanol–water partition coefficient (Wildman–Crippen LogP) is 3.90. The van der Waals surface area contributed by atoms with E-state index in [1.807, 2.05) is 42.5 Å². The van der Waals surface area contributed by atoms with Crippen LogP contribution in [0.15, 0.2) is 48.5 Å². The van der Waals surface area contributed by atoms with Gasteiger partial charge in [0.25, 0.3) is 5.91 Å². The van der Waals surface area contributed by atoms with Gasteiger partial charge in [-0.05, 0) is 56.4 Å². The summed E-state index contributed by atoms with van der Waals surface area (Å²) in [5.41, 5.74) is 8.68. The molecule has 2 aromatic carbocycles. The Morgan fingerprint density at radius 3 is 2.40 bits per heavy atom. The van der Waals surface area contributed by atoms with E-state index in [2.05, 4.69) is 29.4 Å². The van der Waals surface area contributed by atoms with Crippen molar-refractivity contribution in [2.75, 3.05) is 36.5 Å². The molecule has 0 aromatic heterocycles. The molecule has 1 saturated carbocycles. The van der Waals surface area contributed by atoms with Gasteiger partial charge in [0.1, 0.15) is 0 Å². The Kier molecular flexibility index (Phi) is 8.42. The molecule has 1 aliphatic carbocycles. The number of nitrogens with zero attached hydrogens (tertiary/aromatic N) is 1. The molecule has 2 fully saturated rings. The molecular weight excluding hydrogens is 440 g/mol. The number of benzene rings is 2. The van der Waals surface area contributed by atoms with Crippen molar-refractivity contribution < 1.29 is 14.3 Å². The maximum Gasteiger partial charge on any atom is 0.251 e. The van der Waals surface area contributed by atoms with Crippen LogP contribution < -0.4 is 21.3 Å². The van der Waals surface area contributed by atoms with Crippen molar-refractivity contribution in [3.8, 4) is 0 Å². The molecule has 1 aliphatic heterocycles. The number of ether oxygens (including phenoxy) is 1. The third-order valence-corrected chi connectivity index (χ3v) is 7.20. The summed E-state index contributed by atoms with van der Waals surface area (Å²) in [5, 5.41) is 6.08. The van der Waals surface area contributed by atoms with E-state index in [4.69, 9.17) is 10.5 Å². The summed E-state index contributed by atoms with van der Waals surface area (Å²) in [7, 11) is 0. The van der Waals surface area contributed by atoms with E-state index in [-0.39, 0.29) is 29.8 Å². The fourth-order valence-corrected chi connectivity index (χ4v) is 5.57. The van der Waals surface area contributed by atoms with Gasteiger partial charge >= 0.3 is 0 Å². The lowest BCUT2D eigenvalue weighted by atomic mass is 9.84. The number of nitrogens with one attached hydrogen (secondary N) is 2. The van der Waals surface area contributed by atoms with Crippen LogP contribution in [-0.4, -0.2) is 50.2 Å². The molecule has 188 valence electrons. The van der Waals surface area contributed by atoms with Crippen molar-refractivity contribution in [3.63, 3.8) is 0 Å². The van der Waals surface area contributed by atoms with Crippen molar-refractivity contribution in [2.45, 2.75) is 57.5 Å². The maximum absolute atomic E-state index is 13.9. The van der Waals surface area contributed by atoms with Crippen LogP contribution in [0.25, 0.3) is 0 Å². The minimum Gasteiger partial charge on any atom is -0.377 e. The monoisotopic (exact) mass is 478 g/mol. The Morgan fingerprint density at radius 1 is 1.06 bits per heavy atom. The Labute approximate surface area is 208 Å². The second kappa shape index (κ2) is 11.7. The largest absolute Gasteiger partial charge is 0.377 e. The van der Waals surface area contributed by atoms with Gasteiger partial charge in [-0.3, -0.25) is 9.59 Å². The van der Waals surface area contributed by atoms with E-state index in [0.29, 0.717) is 43.5 Å². The Balaban J connectivity index is 1.69. The van der Waals surface area contributed by atoms with Gasteiger partial charge in [-0.15, -0.1) is 0 Å². The van der Waals surface area contributed by atoms with Gasteiger partial charge in [0.05, 0.1) is 30.5 Å². The minimum absolute atomic E-state index is 0.0163. The average Bonchev–Trinajstić information content (AvgIpc) is 3.38. The summed E-state index contributed by atoms with van der Waals surface area (Å²) < 4.78 is 5.73. The van der Waals surface area contributed by atoms with E-state index in [9.17, 15) is 9.59 Å². The third-order valence-electron chi connectivity index (χ3n) is 7.20. The third kappa shape index (κ3) is 5.85. The van der Waals surface area contributed by atoms with Gasteiger partial charge in [-0.25, -0.2) is 0 Å². The number of amides is 2. The zero-order valence-corrected chi connectivity index (χ0v) is 20.8. The summed E-state index contributed by atoms with van der Waals surface area (Å²) in [6, 6.07) is 15.9. The normalized spacial score (nSPS) is 21.5. The molecule has 2 aromatic rings. The van der Waals surface area contributed by atoms with E-state index in [1.54, 1.807) is 6.07 Å². The highest BCUT2D eigenvalue weighted by Crippen LogP contribution is 2.39. The zero-order chi connectivity index (χ0) is 24.8. The summed E-state index contributed by atoms with van der Waals surface area (Å²) in [6.07, 6.45) is 4.43. The second-order valence-electron chi connectivity index (χ2n) is 9.84. The highest BCUT2D eigenvalue weighted by Gasteiger charge is 2.34. The van der Waals surface area contributed by atoms with E-state index >= 15 is 0 Å². The van der Waals surface area contributed by atoms with Gasteiger partial charge in [-0.2, -0.15) is 0 Å². The zero-order valence-electron chi connectivity index (χ0n) is 20.8. The predicted molar refractivity (Wildman–Crippen MR) is 140 cm³/mol. The van der Waals surface area contributed by atoms with Crippen molar-refractivity contribution in [1.82, 2.24) is 5.32 Å². The number of morpholine rings is 1. The highest BCUT2D eigenvalue weighted by molar-refractivity contribution is 6.02. The summed E-state index contributed by atoms with van der Waals surface area (Å²) in [5.74, 6) is -0.118. The lowest BCUT2D eigenvalue weighted by Crippen LogP contribution is -2.50. The SMILES string of the molecule is CC1COCC(C)N1c1ccc(C(=O)NCCN)cc1NC(=O)C(c1ccccc1)C1CCCC1. The molecule has 35 heavy (non-hydrogen) atoms. The molecule has 1 heterocycles.